The van der Waals surface area contributed by atoms with Crippen molar-refractivity contribution in [1.29, 1.82) is 0 Å². The number of hydrogen-bond acceptors (Lipinski definition) is 4. The van der Waals surface area contributed by atoms with Crippen molar-refractivity contribution in [2.24, 2.45) is 5.16 Å². The topological polar surface area (TPSA) is 47.9 Å². The quantitative estimate of drug-likeness (QED) is 0.566. The molecule has 0 bridgehead atoms. The Balaban J connectivity index is 2.30. The van der Waals surface area contributed by atoms with E-state index in [1.54, 1.807) is 0 Å². The van der Waals surface area contributed by atoms with Gasteiger partial charge in [0, 0.05) is 12.0 Å². The van der Waals surface area contributed by atoms with E-state index in [9.17, 15) is 4.79 Å². The molecule has 0 amide bonds. The lowest BCUT2D eigenvalue weighted by Crippen LogP contribution is -2.17. The number of aryl methyl sites for hydroxylation is 2. The van der Waals surface area contributed by atoms with Crippen LogP contribution in [0.4, 0.5) is 0 Å². The first-order valence-electron chi connectivity index (χ1n) is 7.99. The predicted octanol–water partition coefficient (Wildman–Crippen LogP) is 4.21. The molecule has 0 aromatic heterocycles. The molecule has 0 aliphatic heterocycles. The summed E-state index contributed by atoms with van der Waals surface area (Å²) in [7, 11) is 1.44. The van der Waals surface area contributed by atoms with Gasteiger partial charge in [-0.2, -0.15) is 0 Å². The van der Waals surface area contributed by atoms with Gasteiger partial charge in [-0.05, 0) is 36.6 Å². The molecule has 24 heavy (non-hydrogen) atoms. The molecule has 0 fully saturated rings. The van der Waals surface area contributed by atoms with Gasteiger partial charge in [-0.15, -0.1) is 0 Å². The molecule has 0 aliphatic rings. The normalized spacial score (nSPS) is 11.2. The lowest BCUT2D eigenvalue weighted by molar-refractivity contribution is -0.112. The first kappa shape index (κ1) is 17.7. The minimum absolute atomic E-state index is 0.0592. The maximum absolute atomic E-state index is 12.2. The summed E-state index contributed by atoms with van der Waals surface area (Å²) in [6.07, 6.45) is 0.369. The second-order valence-corrected chi connectivity index (χ2v) is 5.61. The van der Waals surface area contributed by atoms with E-state index in [2.05, 4.69) is 11.2 Å². The molecule has 0 aliphatic carbocycles. The van der Waals surface area contributed by atoms with Gasteiger partial charge >= 0.3 is 0 Å². The van der Waals surface area contributed by atoms with Gasteiger partial charge < -0.3 is 9.57 Å². The molecule has 0 spiro atoms. The van der Waals surface area contributed by atoms with Crippen molar-refractivity contribution < 1.29 is 14.4 Å². The van der Waals surface area contributed by atoms with Crippen LogP contribution in [-0.4, -0.2) is 18.6 Å². The van der Waals surface area contributed by atoms with Crippen LogP contribution in [0.25, 0.3) is 0 Å². The number of oxime groups is 1. The van der Waals surface area contributed by atoms with Crippen LogP contribution >= 0.6 is 0 Å². The highest BCUT2D eigenvalue weighted by Gasteiger charge is 2.17. The van der Waals surface area contributed by atoms with Crippen molar-refractivity contribution >= 4 is 11.5 Å². The Bertz CT molecular complexity index is 750. The number of hydrogen-bond donors (Lipinski definition) is 0. The molecule has 0 atom stereocenters. The lowest BCUT2D eigenvalue weighted by Gasteiger charge is -2.13. The minimum Gasteiger partial charge on any atom is -0.489 e. The van der Waals surface area contributed by atoms with Crippen molar-refractivity contribution in [2.45, 2.75) is 33.8 Å². The molecular weight excluding hydrogens is 302 g/mol. The fraction of sp³-hybridized carbons (Fsp3) is 0.300. The van der Waals surface area contributed by atoms with Crippen molar-refractivity contribution in [3.8, 4) is 5.75 Å². The van der Waals surface area contributed by atoms with Crippen LogP contribution in [0.1, 0.15) is 35.6 Å². The molecule has 4 nitrogen and oxygen atoms in total. The highest BCUT2D eigenvalue weighted by atomic mass is 16.6. The molecule has 2 aromatic rings. The van der Waals surface area contributed by atoms with Gasteiger partial charge in [0.25, 0.3) is 0 Å². The molecule has 0 saturated heterocycles. The van der Waals surface area contributed by atoms with E-state index < -0.39 is 0 Å². The zero-order valence-corrected chi connectivity index (χ0v) is 14.6. The summed E-state index contributed by atoms with van der Waals surface area (Å²) in [5, 5.41) is 3.92. The zero-order valence-electron chi connectivity index (χ0n) is 14.6. The standard InChI is InChI=1S/C20H23NO3/c1-5-18(22)20(21-23-4)17-9-7-6-8-16(17)13-24-19-12-14(2)10-11-15(19)3/h6-12H,5,13H2,1-4H3/b21-20+. The number of benzene rings is 2. The largest absolute Gasteiger partial charge is 0.489 e. The number of carbonyl (C=O) groups excluding carboxylic acids is 1. The number of ketones is 1. The van der Waals surface area contributed by atoms with Gasteiger partial charge in [0.1, 0.15) is 19.5 Å². The number of carbonyl (C=O) groups is 1. The third-order valence-electron chi connectivity index (χ3n) is 3.77. The molecule has 0 saturated carbocycles. The summed E-state index contributed by atoms with van der Waals surface area (Å²) >= 11 is 0. The number of Topliss-reactive ketones (excluding diaryl/α,β-unsaturated/α-hetero) is 1. The highest BCUT2D eigenvalue weighted by molar-refractivity contribution is 6.46. The highest BCUT2D eigenvalue weighted by Crippen LogP contribution is 2.22. The molecule has 2 rings (SSSR count). The predicted molar refractivity (Wildman–Crippen MR) is 95.5 cm³/mol. The van der Waals surface area contributed by atoms with Gasteiger partial charge in [0.2, 0.25) is 0 Å². The SMILES string of the molecule is CCC(=O)/C(=N/OC)c1ccccc1COc1cc(C)ccc1C. The maximum atomic E-state index is 12.2. The molecule has 126 valence electrons. The van der Waals surface area contributed by atoms with Crippen molar-refractivity contribution in [3.63, 3.8) is 0 Å². The molecular formula is C20H23NO3. The van der Waals surface area contributed by atoms with Crippen molar-refractivity contribution in [1.82, 2.24) is 0 Å². The third kappa shape index (κ3) is 4.22. The van der Waals surface area contributed by atoms with Crippen LogP contribution in [0.2, 0.25) is 0 Å². The van der Waals surface area contributed by atoms with Crippen molar-refractivity contribution in [2.75, 3.05) is 7.11 Å². The molecule has 4 heteroatoms. The summed E-state index contributed by atoms with van der Waals surface area (Å²) in [5.41, 5.74) is 4.20. The summed E-state index contributed by atoms with van der Waals surface area (Å²) < 4.78 is 5.98. The Morgan fingerprint density at radius 3 is 2.58 bits per heavy atom. The fourth-order valence-electron chi connectivity index (χ4n) is 2.40. The van der Waals surface area contributed by atoms with E-state index in [0.717, 1.165) is 28.0 Å². The number of ether oxygens (including phenoxy) is 1. The maximum Gasteiger partial charge on any atom is 0.184 e. The smallest absolute Gasteiger partial charge is 0.184 e. The van der Waals surface area contributed by atoms with E-state index >= 15 is 0 Å². The van der Waals surface area contributed by atoms with Crippen LogP contribution in [0, 0.1) is 13.8 Å². The summed E-state index contributed by atoms with van der Waals surface area (Å²) in [5.74, 6) is 0.785. The average Bonchev–Trinajstić information content (AvgIpc) is 2.60. The van der Waals surface area contributed by atoms with E-state index in [0.29, 0.717) is 18.7 Å². The molecule has 2 aromatic carbocycles. The van der Waals surface area contributed by atoms with E-state index in [1.807, 2.05) is 57.2 Å². The summed E-state index contributed by atoms with van der Waals surface area (Å²) in [6.45, 7) is 6.21. The second-order valence-electron chi connectivity index (χ2n) is 5.61. The molecule has 0 heterocycles. The molecule has 0 N–H and O–H groups in total. The zero-order chi connectivity index (χ0) is 17.5. The Labute approximate surface area is 143 Å². The van der Waals surface area contributed by atoms with Crippen LogP contribution in [0.15, 0.2) is 47.6 Å². The lowest BCUT2D eigenvalue weighted by atomic mass is 9.99. The summed E-state index contributed by atoms with van der Waals surface area (Å²) in [6, 6.07) is 13.7. The monoisotopic (exact) mass is 325 g/mol. The minimum atomic E-state index is -0.0592. The first-order valence-corrected chi connectivity index (χ1v) is 7.99. The van der Waals surface area contributed by atoms with Crippen molar-refractivity contribution in [3.05, 3.63) is 64.7 Å². The first-order chi connectivity index (χ1) is 11.6. The Morgan fingerprint density at radius 1 is 1.12 bits per heavy atom. The second kappa shape index (κ2) is 8.29. The van der Waals surface area contributed by atoms with Crippen LogP contribution in [0.3, 0.4) is 0 Å². The number of nitrogens with zero attached hydrogens (tertiary/aromatic N) is 1. The van der Waals surface area contributed by atoms with Gasteiger partial charge in [-0.1, -0.05) is 48.5 Å². The molecule has 0 radical (unpaired) electrons. The van der Waals surface area contributed by atoms with E-state index in [-0.39, 0.29) is 5.78 Å². The third-order valence-corrected chi connectivity index (χ3v) is 3.77. The van der Waals surface area contributed by atoms with Gasteiger partial charge in [0.15, 0.2) is 11.5 Å². The fourth-order valence-corrected chi connectivity index (χ4v) is 2.40. The molecule has 0 unspecified atom stereocenters. The Morgan fingerprint density at radius 2 is 1.88 bits per heavy atom. The van der Waals surface area contributed by atoms with Crippen LogP contribution < -0.4 is 4.74 Å². The Kier molecular flexibility index (Phi) is 6.13. The van der Waals surface area contributed by atoms with E-state index in [4.69, 9.17) is 9.57 Å². The average molecular weight is 325 g/mol. The van der Waals surface area contributed by atoms with E-state index in [1.165, 1.54) is 7.11 Å². The van der Waals surface area contributed by atoms with Gasteiger partial charge in [0.05, 0.1) is 0 Å². The van der Waals surface area contributed by atoms with Gasteiger partial charge in [-0.3, -0.25) is 4.79 Å². The Hall–Kier alpha value is -2.62. The summed E-state index contributed by atoms with van der Waals surface area (Å²) in [4.78, 5) is 17.0. The number of rotatable bonds is 7. The van der Waals surface area contributed by atoms with Crippen LogP contribution in [-0.2, 0) is 16.2 Å². The van der Waals surface area contributed by atoms with Gasteiger partial charge in [-0.25, -0.2) is 0 Å². The van der Waals surface area contributed by atoms with Crippen LogP contribution in [0.5, 0.6) is 5.75 Å².